The van der Waals surface area contributed by atoms with E-state index in [1.54, 1.807) is 4.72 Å². The Kier molecular flexibility index (Phi) is 7.39. The highest BCUT2D eigenvalue weighted by Gasteiger charge is 2.35. The first-order valence-corrected chi connectivity index (χ1v) is 8.70. The van der Waals surface area contributed by atoms with Crippen LogP contribution in [-0.2, 0) is 29.1 Å². The van der Waals surface area contributed by atoms with Crippen LogP contribution >= 0.6 is 0 Å². The number of nitrogens with one attached hydrogen (secondary N) is 1. The Morgan fingerprint density at radius 2 is 1.50 bits per heavy atom. The molecule has 0 saturated carbocycles. The number of benzene rings is 1. The Labute approximate surface area is 147 Å². The molecule has 0 aromatic heterocycles. The molecule has 0 fully saturated rings. The van der Waals surface area contributed by atoms with Gasteiger partial charge in [0.2, 0.25) is 16.1 Å². The molecule has 0 atom stereocenters. The summed E-state index contributed by atoms with van der Waals surface area (Å²) < 4.78 is 75.5. The Bertz CT molecular complexity index is 714. The molecule has 0 radical (unpaired) electrons. The molecular formula is C14H16F3NO7S. The highest BCUT2D eigenvalue weighted by Crippen LogP contribution is 2.24. The number of alkyl halides is 3. The van der Waals surface area contributed by atoms with Crippen LogP contribution in [0, 0.1) is 0 Å². The predicted molar refractivity (Wildman–Crippen MR) is 80.5 cm³/mol. The van der Waals surface area contributed by atoms with Crippen molar-refractivity contribution in [2.24, 2.45) is 0 Å². The number of carbonyl (C=O) groups is 2. The van der Waals surface area contributed by atoms with Gasteiger partial charge in [-0.15, -0.1) is 13.2 Å². The normalized spacial score (nSPS) is 11.9. The summed E-state index contributed by atoms with van der Waals surface area (Å²) in [5, 5.41) is 0. The van der Waals surface area contributed by atoms with Crippen LogP contribution in [0.1, 0.15) is 13.8 Å². The lowest BCUT2D eigenvalue weighted by Crippen LogP contribution is -2.48. The Hall–Kier alpha value is -2.34. The van der Waals surface area contributed by atoms with Gasteiger partial charge in [0, 0.05) is 0 Å². The average Bonchev–Trinajstić information content (AvgIpc) is 2.52. The largest absolute Gasteiger partial charge is 0.573 e. The third-order valence-electron chi connectivity index (χ3n) is 2.69. The lowest BCUT2D eigenvalue weighted by atomic mass is 10.3. The molecule has 0 aliphatic heterocycles. The minimum atomic E-state index is -4.93. The van der Waals surface area contributed by atoms with E-state index in [0.717, 1.165) is 24.3 Å². The molecule has 1 aromatic carbocycles. The molecule has 26 heavy (non-hydrogen) atoms. The fraction of sp³-hybridized carbons (Fsp3) is 0.429. The van der Waals surface area contributed by atoms with Crippen molar-refractivity contribution >= 4 is 22.0 Å². The van der Waals surface area contributed by atoms with Crippen molar-refractivity contribution in [1.82, 2.24) is 4.72 Å². The second-order valence-corrected chi connectivity index (χ2v) is 6.29. The molecule has 0 bridgehead atoms. The number of halogens is 3. The van der Waals surface area contributed by atoms with Crippen LogP contribution in [-0.4, -0.2) is 46.0 Å². The first-order valence-electron chi connectivity index (χ1n) is 7.21. The first kappa shape index (κ1) is 21.7. The summed E-state index contributed by atoms with van der Waals surface area (Å²) in [6.07, 6.45) is -4.93. The zero-order valence-corrected chi connectivity index (χ0v) is 14.5. The van der Waals surface area contributed by atoms with Crippen LogP contribution in [0.4, 0.5) is 13.2 Å². The molecule has 0 spiro atoms. The Morgan fingerprint density at radius 1 is 1.04 bits per heavy atom. The first-order chi connectivity index (χ1) is 12.0. The SMILES string of the molecule is CCOC(=O)C(NS(=O)(=O)c1ccc(OC(F)(F)F)cc1)C(=O)OCC. The van der Waals surface area contributed by atoms with Gasteiger partial charge in [0.15, 0.2) is 0 Å². The average molecular weight is 399 g/mol. The van der Waals surface area contributed by atoms with Gasteiger partial charge in [0.1, 0.15) is 5.75 Å². The van der Waals surface area contributed by atoms with Gasteiger partial charge in [0.05, 0.1) is 18.1 Å². The molecule has 0 aliphatic carbocycles. The third-order valence-corrected chi connectivity index (χ3v) is 4.12. The monoisotopic (exact) mass is 399 g/mol. The highest BCUT2D eigenvalue weighted by molar-refractivity contribution is 7.89. The van der Waals surface area contributed by atoms with Crippen molar-refractivity contribution in [3.05, 3.63) is 24.3 Å². The van der Waals surface area contributed by atoms with Crippen LogP contribution in [0.2, 0.25) is 0 Å². The van der Waals surface area contributed by atoms with Crippen LogP contribution in [0.15, 0.2) is 29.2 Å². The van der Waals surface area contributed by atoms with E-state index in [1.807, 2.05) is 0 Å². The van der Waals surface area contributed by atoms with Gasteiger partial charge in [0.25, 0.3) is 0 Å². The van der Waals surface area contributed by atoms with E-state index >= 15 is 0 Å². The van der Waals surface area contributed by atoms with E-state index in [1.165, 1.54) is 13.8 Å². The van der Waals surface area contributed by atoms with E-state index in [2.05, 4.69) is 14.2 Å². The maximum atomic E-state index is 12.3. The van der Waals surface area contributed by atoms with E-state index < -0.39 is 45.0 Å². The molecule has 0 heterocycles. The number of esters is 2. The summed E-state index contributed by atoms with van der Waals surface area (Å²) in [6.45, 7) is 2.68. The molecule has 12 heteroatoms. The fourth-order valence-corrected chi connectivity index (χ4v) is 2.82. The minimum Gasteiger partial charge on any atom is -0.464 e. The molecule has 0 unspecified atom stereocenters. The summed E-state index contributed by atoms with van der Waals surface area (Å²) in [5.74, 6) is -2.98. The van der Waals surface area contributed by atoms with Gasteiger partial charge in [-0.25, -0.2) is 18.0 Å². The minimum absolute atomic E-state index is 0.111. The van der Waals surface area contributed by atoms with Crippen molar-refractivity contribution in [2.45, 2.75) is 31.1 Å². The quantitative estimate of drug-likeness (QED) is 0.519. The summed E-state index contributed by atoms with van der Waals surface area (Å²) in [6, 6.07) is 1.22. The Balaban J connectivity index is 3.02. The maximum absolute atomic E-state index is 12.3. The molecule has 0 amide bonds. The molecule has 8 nitrogen and oxygen atoms in total. The fourth-order valence-electron chi connectivity index (χ4n) is 1.69. The van der Waals surface area contributed by atoms with E-state index in [-0.39, 0.29) is 13.2 Å². The number of hydrogen-bond acceptors (Lipinski definition) is 7. The molecule has 0 saturated heterocycles. The second-order valence-electron chi connectivity index (χ2n) is 4.58. The molecule has 1 N–H and O–H groups in total. The second kappa shape index (κ2) is 8.85. The van der Waals surface area contributed by atoms with E-state index in [0.29, 0.717) is 0 Å². The lowest BCUT2D eigenvalue weighted by Gasteiger charge is -2.16. The van der Waals surface area contributed by atoms with Gasteiger partial charge >= 0.3 is 18.3 Å². The predicted octanol–water partition coefficient (Wildman–Crippen LogP) is 1.36. The topological polar surface area (TPSA) is 108 Å². The molecule has 1 aromatic rings. The number of sulfonamides is 1. The zero-order valence-electron chi connectivity index (χ0n) is 13.7. The van der Waals surface area contributed by atoms with Crippen molar-refractivity contribution in [1.29, 1.82) is 0 Å². The standard InChI is InChI=1S/C14H16F3NO7S/c1-3-23-12(19)11(13(20)24-4-2)18-26(21,22)10-7-5-9(6-8-10)25-14(15,16)17/h5-8,11,18H,3-4H2,1-2H3. The Morgan fingerprint density at radius 3 is 1.88 bits per heavy atom. The van der Waals surface area contributed by atoms with E-state index in [4.69, 9.17) is 0 Å². The molecular weight excluding hydrogens is 383 g/mol. The van der Waals surface area contributed by atoms with Gasteiger partial charge in [-0.1, -0.05) is 0 Å². The number of carbonyl (C=O) groups excluding carboxylic acids is 2. The van der Waals surface area contributed by atoms with Crippen LogP contribution in [0.25, 0.3) is 0 Å². The van der Waals surface area contributed by atoms with Crippen molar-refractivity contribution < 1.29 is 45.4 Å². The van der Waals surface area contributed by atoms with Gasteiger partial charge < -0.3 is 14.2 Å². The van der Waals surface area contributed by atoms with Crippen molar-refractivity contribution in [2.75, 3.05) is 13.2 Å². The molecule has 1 rings (SSSR count). The summed E-state index contributed by atoms with van der Waals surface area (Å²) >= 11 is 0. The van der Waals surface area contributed by atoms with Crippen LogP contribution < -0.4 is 9.46 Å². The smallest absolute Gasteiger partial charge is 0.464 e. The zero-order chi connectivity index (χ0) is 20.0. The van der Waals surface area contributed by atoms with Gasteiger partial charge in [-0.05, 0) is 38.1 Å². The maximum Gasteiger partial charge on any atom is 0.573 e. The number of rotatable bonds is 8. The molecule has 0 aliphatic rings. The van der Waals surface area contributed by atoms with E-state index in [9.17, 15) is 31.2 Å². The highest BCUT2D eigenvalue weighted by atomic mass is 32.2. The van der Waals surface area contributed by atoms with Crippen molar-refractivity contribution in [3.63, 3.8) is 0 Å². The number of ether oxygens (including phenoxy) is 3. The van der Waals surface area contributed by atoms with Crippen LogP contribution in [0.5, 0.6) is 5.75 Å². The molecule has 146 valence electrons. The summed E-state index contributed by atoms with van der Waals surface area (Å²) in [7, 11) is -4.44. The van der Waals surface area contributed by atoms with Gasteiger partial charge in [-0.2, -0.15) is 4.72 Å². The lowest BCUT2D eigenvalue weighted by molar-refractivity contribution is -0.274. The third kappa shape index (κ3) is 6.52. The van der Waals surface area contributed by atoms with Gasteiger partial charge in [-0.3, -0.25) is 0 Å². The summed E-state index contributed by atoms with van der Waals surface area (Å²) in [5.41, 5.74) is 0. The van der Waals surface area contributed by atoms with Crippen LogP contribution in [0.3, 0.4) is 0 Å². The summed E-state index contributed by atoms with van der Waals surface area (Å²) in [4.78, 5) is 23.1. The number of hydrogen-bond donors (Lipinski definition) is 1. The van der Waals surface area contributed by atoms with Crippen molar-refractivity contribution in [3.8, 4) is 5.75 Å².